The normalized spacial score (nSPS) is 11.3. The molecule has 1 amide bonds. The van der Waals surface area contributed by atoms with E-state index in [4.69, 9.17) is 4.74 Å². The van der Waals surface area contributed by atoms with Gasteiger partial charge in [-0.25, -0.2) is 13.8 Å². The average molecular weight is 452 g/mol. The molecule has 0 unspecified atom stereocenters. The summed E-state index contributed by atoms with van der Waals surface area (Å²) in [5, 5.41) is 3.95. The summed E-state index contributed by atoms with van der Waals surface area (Å²) < 4.78 is 33.0. The Morgan fingerprint density at radius 1 is 1.00 bits per heavy atom. The lowest BCUT2D eigenvalue weighted by molar-refractivity contribution is -0.119. The molecule has 8 heteroatoms. The monoisotopic (exact) mass is 451 g/mol. The number of sulfonamides is 1. The van der Waals surface area contributed by atoms with Crippen LogP contribution in [0, 0.1) is 13.8 Å². The minimum atomic E-state index is -3.97. The Kier molecular flexibility index (Phi) is 7.27. The van der Waals surface area contributed by atoms with Gasteiger partial charge < -0.3 is 4.74 Å². The molecule has 0 heterocycles. The molecule has 0 saturated heterocycles. The highest BCUT2D eigenvalue weighted by Gasteiger charge is 2.28. The van der Waals surface area contributed by atoms with Crippen molar-refractivity contribution in [1.29, 1.82) is 0 Å². The number of hydrogen-bond donors (Lipinski definition) is 1. The van der Waals surface area contributed by atoms with Crippen LogP contribution in [0.4, 0.5) is 5.69 Å². The first-order valence-electron chi connectivity index (χ1n) is 9.92. The number of methoxy groups -OCH3 is 1. The number of rotatable bonds is 8. The van der Waals surface area contributed by atoms with Gasteiger partial charge in [-0.2, -0.15) is 5.10 Å². The van der Waals surface area contributed by atoms with Gasteiger partial charge >= 0.3 is 0 Å². The molecule has 0 atom stereocenters. The van der Waals surface area contributed by atoms with Crippen LogP contribution in [0.3, 0.4) is 0 Å². The van der Waals surface area contributed by atoms with E-state index in [0.29, 0.717) is 11.4 Å². The summed E-state index contributed by atoms with van der Waals surface area (Å²) in [6, 6.07) is 20.7. The van der Waals surface area contributed by atoms with E-state index in [-0.39, 0.29) is 4.90 Å². The number of anilines is 1. The summed E-state index contributed by atoms with van der Waals surface area (Å²) in [5.74, 6) is 0.148. The molecule has 32 heavy (non-hydrogen) atoms. The molecule has 0 fully saturated rings. The molecule has 0 bridgehead atoms. The Labute approximate surface area is 188 Å². The summed E-state index contributed by atoms with van der Waals surface area (Å²) in [7, 11) is -2.39. The van der Waals surface area contributed by atoms with Gasteiger partial charge in [0.15, 0.2) is 0 Å². The van der Waals surface area contributed by atoms with Crippen LogP contribution in [0.25, 0.3) is 0 Å². The van der Waals surface area contributed by atoms with Gasteiger partial charge in [-0.05, 0) is 67.4 Å². The number of hydrogen-bond acceptors (Lipinski definition) is 5. The van der Waals surface area contributed by atoms with Crippen LogP contribution in [-0.2, 0) is 14.8 Å². The number of amides is 1. The van der Waals surface area contributed by atoms with Crippen LogP contribution in [0.2, 0.25) is 0 Å². The highest BCUT2D eigenvalue weighted by atomic mass is 32.2. The number of ether oxygens (including phenoxy) is 1. The van der Waals surface area contributed by atoms with Gasteiger partial charge in [-0.1, -0.05) is 35.9 Å². The van der Waals surface area contributed by atoms with Gasteiger partial charge in [0, 0.05) is 0 Å². The zero-order valence-corrected chi connectivity index (χ0v) is 19.0. The molecule has 0 spiro atoms. The number of nitrogens with one attached hydrogen (secondary N) is 1. The highest BCUT2D eigenvalue weighted by molar-refractivity contribution is 7.92. The minimum absolute atomic E-state index is 0.112. The molecule has 3 rings (SSSR count). The van der Waals surface area contributed by atoms with E-state index in [0.717, 1.165) is 21.0 Å². The number of aryl methyl sites for hydroxylation is 2. The fourth-order valence-electron chi connectivity index (χ4n) is 3.01. The number of para-hydroxylation sites is 1. The minimum Gasteiger partial charge on any atom is -0.497 e. The first kappa shape index (κ1) is 23.0. The summed E-state index contributed by atoms with van der Waals surface area (Å²) >= 11 is 0. The van der Waals surface area contributed by atoms with E-state index < -0.39 is 22.5 Å². The molecule has 0 aliphatic heterocycles. The second-order valence-electron chi connectivity index (χ2n) is 7.18. The zero-order chi connectivity index (χ0) is 23.1. The molecule has 0 radical (unpaired) electrons. The quantitative estimate of drug-likeness (QED) is 0.418. The van der Waals surface area contributed by atoms with Crippen molar-refractivity contribution in [2.24, 2.45) is 5.10 Å². The maximum atomic E-state index is 13.4. The molecule has 3 aromatic carbocycles. The van der Waals surface area contributed by atoms with E-state index in [2.05, 4.69) is 10.5 Å². The van der Waals surface area contributed by atoms with Crippen LogP contribution >= 0.6 is 0 Å². The number of benzene rings is 3. The molecule has 7 nitrogen and oxygen atoms in total. The highest BCUT2D eigenvalue weighted by Crippen LogP contribution is 2.26. The molecule has 0 aromatic heterocycles. The first-order chi connectivity index (χ1) is 15.3. The topological polar surface area (TPSA) is 88.1 Å². The molecule has 166 valence electrons. The van der Waals surface area contributed by atoms with Crippen molar-refractivity contribution in [2.75, 3.05) is 18.0 Å². The molecule has 1 N–H and O–H groups in total. The maximum Gasteiger partial charge on any atom is 0.264 e. The van der Waals surface area contributed by atoms with Crippen molar-refractivity contribution in [3.63, 3.8) is 0 Å². The van der Waals surface area contributed by atoms with Crippen molar-refractivity contribution >= 4 is 27.8 Å². The van der Waals surface area contributed by atoms with Crippen LogP contribution in [0.15, 0.2) is 82.8 Å². The van der Waals surface area contributed by atoms with E-state index in [1.807, 2.05) is 13.0 Å². The predicted molar refractivity (Wildman–Crippen MR) is 126 cm³/mol. The van der Waals surface area contributed by atoms with Crippen LogP contribution < -0.4 is 14.5 Å². The Hall–Kier alpha value is -3.65. The largest absolute Gasteiger partial charge is 0.497 e. The summed E-state index contributed by atoms with van der Waals surface area (Å²) in [4.78, 5) is 12.7. The van der Waals surface area contributed by atoms with Crippen LogP contribution in [0.1, 0.15) is 16.7 Å². The van der Waals surface area contributed by atoms with Crippen molar-refractivity contribution in [2.45, 2.75) is 18.7 Å². The van der Waals surface area contributed by atoms with Crippen molar-refractivity contribution < 1.29 is 17.9 Å². The lowest BCUT2D eigenvalue weighted by Gasteiger charge is -2.25. The second-order valence-corrected chi connectivity index (χ2v) is 9.04. The van der Waals surface area contributed by atoms with Crippen molar-refractivity contribution in [1.82, 2.24) is 5.43 Å². The lowest BCUT2D eigenvalue weighted by atomic mass is 10.2. The summed E-state index contributed by atoms with van der Waals surface area (Å²) in [5.41, 5.74) is 5.27. The van der Waals surface area contributed by atoms with E-state index in [1.54, 1.807) is 68.6 Å². The van der Waals surface area contributed by atoms with Gasteiger partial charge in [0.1, 0.15) is 12.3 Å². The van der Waals surface area contributed by atoms with Crippen LogP contribution in [0.5, 0.6) is 5.75 Å². The fourth-order valence-corrected chi connectivity index (χ4v) is 4.50. The third-order valence-electron chi connectivity index (χ3n) is 4.80. The maximum absolute atomic E-state index is 13.4. The zero-order valence-electron chi connectivity index (χ0n) is 18.1. The molecular weight excluding hydrogens is 426 g/mol. The second kappa shape index (κ2) is 10.1. The standard InChI is InChI=1S/C24H25N3O4S/c1-18-8-14-22(15-9-18)32(29,30)27(23-7-5-4-6-19(23)2)17-24(28)26-25-16-20-10-12-21(31-3)13-11-20/h4-16H,17H2,1-3H3,(H,26,28)/b25-16+. The number of nitrogens with zero attached hydrogens (tertiary/aromatic N) is 2. The van der Waals surface area contributed by atoms with E-state index in [9.17, 15) is 13.2 Å². The Bertz CT molecular complexity index is 1200. The number of carbonyl (C=O) groups excluding carboxylic acids is 1. The molecule has 0 saturated carbocycles. The van der Waals surface area contributed by atoms with Crippen molar-refractivity contribution in [3.05, 3.63) is 89.5 Å². The smallest absolute Gasteiger partial charge is 0.264 e. The van der Waals surface area contributed by atoms with Gasteiger partial charge in [0.2, 0.25) is 0 Å². The van der Waals surface area contributed by atoms with Gasteiger partial charge in [0.05, 0.1) is 23.9 Å². The van der Waals surface area contributed by atoms with Gasteiger partial charge in [-0.3, -0.25) is 9.10 Å². The predicted octanol–water partition coefficient (Wildman–Crippen LogP) is 3.66. The van der Waals surface area contributed by atoms with Gasteiger partial charge in [0.25, 0.3) is 15.9 Å². The lowest BCUT2D eigenvalue weighted by Crippen LogP contribution is -2.40. The Balaban J connectivity index is 1.82. The van der Waals surface area contributed by atoms with Crippen molar-refractivity contribution in [3.8, 4) is 5.75 Å². The summed E-state index contributed by atoms with van der Waals surface area (Å²) in [6.45, 7) is 3.26. The molecule has 0 aliphatic carbocycles. The Morgan fingerprint density at radius 3 is 2.28 bits per heavy atom. The number of carbonyl (C=O) groups is 1. The van der Waals surface area contributed by atoms with E-state index >= 15 is 0 Å². The molecule has 3 aromatic rings. The number of hydrazone groups is 1. The third kappa shape index (κ3) is 5.53. The third-order valence-corrected chi connectivity index (χ3v) is 6.57. The average Bonchev–Trinajstić information content (AvgIpc) is 2.79. The van der Waals surface area contributed by atoms with Crippen LogP contribution in [-0.4, -0.2) is 34.2 Å². The summed E-state index contributed by atoms with van der Waals surface area (Å²) in [6.07, 6.45) is 1.48. The fraction of sp³-hybridized carbons (Fsp3) is 0.167. The first-order valence-corrected chi connectivity index (χ1v) is 11.4. The molecule has 0 aliphatic rings. The molecular formula is C24H25N3O4S. The van der Waals surface area contributed by atoms with E-state index in [1.165, 1.54) is 18.3 Å². The SMILES string of the molecule is COc1ccc(/C=N/NC(=O)CN(c2ccccc2C)S(=O)(=O)c2ccc(C)cc2)cc1. The van der Waals surface area contributed by atoms with Gasteiger partial charge in [-0.15, -0.1) is 0 Å². The Morgan fingerprint density at radius 2 is 1.66 bits per heavy atom.